The first-order valence-corrected chi connectivity index (χ1v) is 13.0. The molecule has 1 atom stereocenters. The molecule has 0 unspecified atom stereocenters. The third-order valence-corrected chi connectivity index (χ3v) is 7.24. The van der Waals surface area contributed by atoms with E-state index in [0.717, 1.165) is 16.9 Å². The minimum atomic E-state index is -0.585. The zero-order valence-electron chi connectivity index (χ0n) is 22.5. The van der Waals surface area contributed by atoms with Crippen molar-refractivity contribution in [3.63, 3.8) is 0 Å². The van der Waals surface area contributed by atoms with E-state index in [2.05, 4.69) is 5.32 Å². The smallest absolute Gasteiger partial charge is 0.295 e. The molecule has 5 rings (SSSR count). The van der Waals surface area contributed by atoms with Gasteiger partial charge in [0.2, 0.25) is 0 Å². The number of aromatic hydroxyl groups is 1. The van der Waals surface area contributed by atoms with Crippen molar-refractivity contribution < 1.29 is 9.90 Å². The molecule has 0 fully saturated rings. The topological polar surface area (TPSA) is 98.3 Å². The lowest BCUT2D eigenvalue weighted by Gasteiger charge is -2.18. The highest BCUT2D eigenvalue weighted by Crippen LogP contribution is 2.27. The number of aryl methyl sites for hydroxylation is 1. The predicted molar refractivity (Wildman–Crippen MR) is 157 cm³/mol. The number of nitrogens with one attached hydrogen (secondary N) is 1. The lowest BCUT2D eigenvalue weighted by molar-refractivity contribution is 0.104. The van der Waals surface area contributed by atoms with Gasteiger partial charge in [0.25, 0.3) is 11.1 Å². The molecular weight excluding hydrogens is 504 g/mol. The summed E-state index contributed by atoms with van der Waals surface area (Å²) in [6.07, 6.45) is 3.32. The van der Waals surface area contributed by atoms with Gasteiger partial charge in [-0.3, -0.25) is 19.1 Å². The van der Waals surface area contributed by atoms with E-state index in [1.807, 2.05) is 74.6 Å². The molecule has 0 aliphatic heterocycles. The first kappa shape index (κ1) is 26.5. The average Bonchev–Trinajstić information content (AvgIpc) is 3.19. The van der Waals surface area contributed by atoms with Crippen molar-refractivity contribution in [1.29, 1.82) is 0 Å². The molecule has 8 nitrogen and oxygen atoms in total. The van der Waals surface area contributed by atoms with E-state index in [-0.39, 0.29) is 22.9 Å². The number of rotatable bonds is 8. The summed E-state index contributed by atoms with van der Waals surface area (Å²) in [5.41, 5.74) is 2.43. The Hall–Kier alpha value is -5.11. The summed E-state index contributed by atoms with van der Waals surface area (Å²) >= 11 is 0. The highest BCUT2D eigenvalue weighted by atomic mass is 16.3. The van der Waals surface area contributed by atoms with Crippen LogP contribution < -0.4 is 16.4 Å². The quantitative estimate of drug-likeness (QED) is 0.215. The van der Waals surface area contributed by atoms with Crippen LogP contribution in [0.1, 0.15) is 34.1 Å². The number of para-hydroxylation sites is 2. The molecule has 0 amide bonds. The van der Waals surface area contributed by atoms with Gasteiger partial charge >= 0.3 is 0 Å². The van der Waals surface area contributed by atoms with E-state index in [4.69, 9.17) is 0 Å². The van der Waals surface area contributed by atoms with Crippen molar-refractivity contribution in [2.24, 2.45) is 14.1 Å². The summed E-state index contributed by atoms with van der Waals surface area (Å²) in [5.74, 6) is -0.912. The Morgan fingerprint density at radius 2 is 1.52 bits per heavy atom. The minimum absolute atomic E-state index is 0.184. The highest BCUT2D eigenvalue weighted by Gasteiger charge is 2.21. The number of allylic oxidation sites excluding steroid dienone is 1. The number of aromatic nitrogens is 3. The maximum absolute atomic E-state index is 13.5. The third kappa shape index (κ3) is 4.75. The van der Waals surface area contributed by atoms with Crippen LogP contribution in [0.4, 0.5) is 5.69 Å². The van der Waals surface area contributed by atoms with E-state index in [1.54, 1.807) is 46.8 Å². The van der Waals surface area contributed by atoms with Gasteiger partial charge < -0.3 is 15.0 Å². The van der Waals surface area contributed by atoms with Crippen molar-refractivity contribution in [1.82, 2.24) is 13.9 Å². The fraction of sp³-hybridized carbons (Fsp3) is 0.156. The molecule has 40 heavy (non-hydrogen) atoms. The number of benzene rings is 3. The van der Waals surface area contributed by atoms with Gasteiger partial charge in [0.1, 0.15) is 17.0 Å². The monoisotopic (exact) mass is 534 g/mol. The number of carbonyl (C=O) groups is 1. The first-order valence-electron chi connectivity index (χ1n) is 13.0. The van der Waals surface area contributed by atoms with Crippen molar-refractivity contribution in [2.45, 2.75) is 19.4 Å². The van der Waals surface area contributed by atoms with E-state index < -0.39 is 11.3 Å². The summed E-state index contributed by atoms with van der Waals surface area (Å²) in [4.78, 5) is 39.6. The number of nitrogens with zero attached hydrogens (tertiary/aromatic N) is 3. The summed E-state index contributed by atoms with van der Waals surface area (Å²) < 4.78 is 4.78. The molecule has 0 aliphatic carbocycles. The van der Waals surface area contributed by atoms with Crippen LogP contribution in [-0.4, -0.2) is 24.8 Å². The average molecular weight is 535 g/mol. The summed E-state index contributed by atoms with van der Waals surface area (Å²) in [6.45, 7) is 1.88. The highest BCUT2D eigenvalue weighted by molar-refractivity contribution is 6.09. The second-order valence-corrected chi connectivity index (χ2v) is 9.65. The number of hydrogen-bond acceptors (Lipinski definition) is 5. The van der Waals surface area contributed by atoms with Gasteiger partial charge in [-0.25, -0.2) is 4.68 Å². The third-order valence-electron chi connectivity index (χ3n) is 7.24. The fourth-order valence-corrected chi connectivity index (χ4v) is 4.97. The molecular formula is C32H30N4O4. The molecule has 0 saturated carbocycles. The molecule has 2 heterocycles. The van der Waals surface area contributed by atoms with Crippen LogP contribution in [-0.2, 0) is 14.1 Å². The number of ketones is 1. The summed E-state index contributed by atoms with van der Waals surface area (Å²) in [6, 6.07) is 25.6. The maximum atomic E-state index is 13.5. The molecule has 2 N–H and O–H groups in total. The Balaban J connectivity index is 1.47. The minimum Gasteiger partial charge on any atom is -0.506 e. The van der Waals surface area contributed by atoms with Crippen LogP contribution in [0.2, 0.25) is 0 Å². The Bertz CT molecular complexity index is 1850. The Kier molecular flexibility index (Phi) is 7.25. The number of carbonyl (C=O) groups excluding carboxylic acids is 1. The van der Waals surface area contributed by atoms with E-state index in [1.165, 1.54) is 10.6 Å². The van der Waals surface area contributed by atoms with Crippen molar-refractivity contribution in [2.75, 3.05) is 5.32 Å². The van der Waals surface area contributed by atoms with Crippen LogP contribution in [0.3, 0.4) is 0 Å². The molecule has 2 aromatic heterocycles. The van der Waals surface area contributed by atoms with Crippen molar-refractivity contribution in [3.05, 3.63) is 135 Å². The molecule has 0 aliphatic rings. The van der Waals surface area contributed by atoms with Gasteiger partial charge in [0.05, 0.1) is 22.9 Å². The Morgan fingerprint density at radius 3 is 2.23 bits per heavy atom. The second-order valence-electron chi connectivity index (χ2n) is 9.65. The normalized spacial score (nSPS) is 12.2. The molecule has 202 valence electrons. The van der Waals surface area contributed by atoms with Gasteiger partial charge in [0, 0.05) is 19.5 Å². The first-order chi connectivity index (χ1) is 19.3. The molecule has 5 aromatic rings. The van der Waals surface area contributed by atoms with Crippen molar-refractivity contribution >= 4 is 22.4 Å². The van der Waals surface area contributed by atoms with Crippen LogP contribution >= 0.6 is 0 Å². The standard InChI is InChI=1S/C32H30N4O4/c1-21-29(32(40)36(35(21)3)23-15-8-5-9-16-23)33-25(22-13-6-4-7-14-22)18-12-20-27(37)28-30(38)24-17-10-11-19-26(24)34(2)31(28)39/h4-17,19-20,25,33,38H,18H2,1-3H3/t25-/m1/s1. The predicted octanol–water partition coefficient (Wildman–Crippen LogP) is 5.02. The molecule has 8 heteroatoms. The Morgan fingerprint density at radius 1 is 0.900 bits per heavy atom. The van der Waals surface area contributed by atoms with Crippen LogP contribution in [0.5, 0.6) is 5.75 Å². The lowest BCUT2D eigenvalue weighted by atomic mass is 10.0. The number of pyridine rings is 1. The SMILES string of the molecule is Cc1c(N[C@H](CC=CC(=O)c2c(O)c3ccccc3n(C)c2=O)c2ccccc2)c(=O)n(-c2ccccc2)n1C. The van der Waals surface area contributed by atoms with Gasteiger partial charge in [-0.05, 0) is 49.2 Å². The van der Waals surface area contributed by atoms with Crippen LogP contribution in [0.15, 0.2) is 107 Å². The van der Waals surface area contributed by atoms with Crippen molar-refractivity contribution in [3.8, 4) is 11.4 Å². The summed E-state index contributed by atoms with van der Waals surface area (Å²) in [7, 11) is 3.41. The van der Waals surface area contributed by atoms with Gasteiger partial charge in [-0.2, -0.15) is 0 Å². The molecule has 0 radical (unpaired) electrons. The molecule has 0 saturated heterocycles. The maximum Gasteiger partial charge on any atom is 0.295 e. The zero-order chi connectivity index (χ0) is 28.4. The number of fused-ring (bicyclic) bond motifs is 1. The molecule has 0 bridgehead atoms. The molecule has 3 aromatic carbocycles. The lowest BCUT2D eigenvalue weighted by Crippen LogP contribution is -2.24. The van der Waals surface area contributed by atoms with Gasteiger partial charge in [-0.15, -0.1) is 0 Å². The van der Waals surface area contributed by atoms with Crippen LogP contribution in [0, 0.1) is 6.92 Å². The number of anilines is 1. The summed E-state index contributed by atoms with van der Waals surface area (Å²) in [5, 5.41) is 14.6. The number of hydrogen-bond donors (Lipinski definition) is 2. The van der Waals surface area contributed by atoms with Gasteiger partial charge in [0.15, 0.2) is 5.78 Å². The molecule has 0 spiro atoms. The second kappa shape index (κ2) is 10.9. The van der Waals surface area contributed by atoms with Gasteiger partial charge in [-0.1, -0.05) is 66.7 Å². The van der Waals surface area contributed by atoms with E-state index in [9.17, 15) is 19.5 Å². The van der Waals surface area contributed by atoms with E-state index in [0.29, 0.717) is 23.0 Å². The van der Waals surface area contributed by atoms with Crippen LogP contribution in [0.25, 0.3) is 16.6 Å². The van der Waals surface area contributed by atoms with E-state index >= 15 is 0 Å². The Labute approximate surface area is 231 Å². The zero-order valence-corrected chi connectivity index (χ0v) is 22.5. The fourth-order valence-electron chi connectivity index (χ4n) is 4.97. The largest absolute Gasteiger partial charge is 0.506 e.